The van der Waals surface area contributed by atoms with E-state index in [9.17, 15) is 14.0 Å². The zero-order chi connectivity index (χ0) is 20.9. The van der Waals surface area contributed by atoms with Crippen LogP contribution in [0.25, 0.3) is 0 Å². The molecule has 160 valence electrons. The van der Waals surface area contributed by atoms with Crippen molar-refractivity contribution in [1.82, 2.24) is 15.1 Å². The molecule has 30 heavy (non-hydrogen) atoms. The van der Waals surface area contributed by atoms with Crippen LogP contribution in [0.15, 0.2) is 41.8 Å². The van der Waals surface area contributed by atoms with E-state index in [0.29, 0.717) is 32.8 Å². The maximum absolute atomic E-state index is 13.3. The molecule has 1 aromatic heterocycles. The fourth-order valence-electron chi connectivity index (χ4n) is 3.94. The summed E-state index contributed by atoms with van der Waals surface area (Å²) in [5.41, 5.74) is 0.846. The summed E-state index contributed by atoms with van der Waals surface area (Å²) in [4.78, 5) is 30.1. The van der Waals surface area contributed by atoms with Crippen molar-refractivity contribution in [3.63, 3.8) is 0 Å². The standard InChI is InChI=1S/C22H26FN3O3S/c23-17-7-5-16(6-8-17)21(19-4-2-14-30-19)24-20(27)15-25-9-11-26(12-10-25)22(28)18-3-1-13-29-18/h2,4-8,14,18,21H,1,3,9-13,15H2,(H,24,27)/t18-,21-/m0/s1. The number of thiophene rings is 1. The van der Waals surface area contributed by atoms with Crippen molar-refractivity contribution in [3.05, 3.63) is 58.0 Å². The predicted octanol–water partition coefficient (Wildman–Crippen LogP) is 2.42. The van der Waals surface area contributed by atoms with E-state index in [-0.39, 0.29) is 36.3 Å². The molecule has 0 unspecified atom stereocenters. The van der Waals surface area contributed by atoms with Crippen molar-refractivity contribution in [1.29, 1.82) is 0 Å². The lowest BCUT2D eigenvalue weighted by Gasteiger charge is -2.35. The van der Waals surface area contributed by atoms with Crippen LogP contribution in [0.3, 0.4) is 0 Å². The zero-order valence-electron chi connectivity index (χ0n) is 16.8. The van der Waals surface area contributed by atoms with E-state index in [1.165, 1.54) is 12.1 Å². The topological polar surface area (TPSA) is 61.9 Å². The number of rotatable bonds is 6. The van der Waals surface area contributed by atoms with Crippen LogP contribution in [0.1, 0.15) is 29.3 Å². The first kappa shape index (κ1) is 21.0. The molecule has 2 fully saturated rings. The van der Waals surface area contributed by atoms with Gasteiger partial charge in [0.2, 0.25) is 5.91 Å². The van der Waals surface area contributed by atoms with Gasteiger partial charge in [-0.2, -0.15) is 0 Å². The molecule has 3 heterocycles. The summed E-state index contributed by atoms with van der Waals surface area (Å²) >= 11 is 1.56. The van der Waals surface area contributed by atoms with Crippen LogP contribution in [-0.4, -0.2) is 67.0 Å². The Kier molecular flexibility index (Phi) is 6.76. The summed E-state index contributed by atoms with van der Waals surface area (Å²) in [6, 6.07) is 9.83. The summed E-state index contributed by atoms with van der Waals surface area (Å²) < 4.78 is 18.8. The van der Waals surface area contributed by atoms with Gasteiger partial charge in [0, 0.05) is 37.7 Å². The number of halogens is 1. The molecule has 2 aliphatic heterocycles. The lowest BCUT2D eigenvalue weighted by Crippen LogP contribution is -2.53. The van der Waals surface area contributed by atoms with Crippen molar-refractivity contribution in [2.75, 3.05) is 39.3 Å². The highest BCUT2D eigenvalue weighted by molar-refractivity contribution is 7.10. The van der Waals surface area contributed by atoms with Gasteiger partial charge in [-0.05, 0) is 42.0 Å². The largest absolute Gasteiger partial charge is 0.368 e. The Hall–Kier alpha value is -2.29. The quantitative estimate of drug-likeness (QED) is 0.763. The van der Waals surface area contributed by atoms with E-state index in [1.807, 2.05) is 22.4 Å². The molecule has 0 radical (unpaired) electrons. The van der Waals surface area contributed by atoms with Gasteiger partial charge in [-0.1, -0.05) is 18.2 Å². The van der Waals surface area contributed by atoms with E-state index in [1.54, 1.807) is 23.5 Å². The maximum Gasteiger partial charge on any atom is 0.251 e. The van der Waals surface area contributed by atoms with Gasteiger partial charge in [0.05, 0.1) is 12.6 Å². The predicted molar refractivity (Wildman–Crippen MR) is 113 cm³/mol. The van der Waals surface area contributed by atoms with Gasteiger partial charge >= 0.3 is 0 Å². The average Bonchev–Trinajstić information content (AvgIpc) is 3.47. The third-order valence-corrected chi connectivity index (χ3v) is 6.53. The Morgan fingerprint density at radius 2 is 1.93 bits per heavy atom. The van der Waals surface area contributed by atoms with Crippen LogP contribution in [0, 0.1) is 5.82 Å². The molecule has 2 amide bonds. The van der Waals surface area contributed by atoms with Crippen LogP contribution < -0.4 is 5.32 Å². The SMILES string of the molecule is O=C(CN1CCN(C(=O)[C@@H]2CCCO2)CC1)N[C@@H](c1ccc(F)cc1)c1cccs1. The van der Waals surface area contributed by atoms with Crippen molar-refractivity contribution >= 4 is 23.2 Å². The number of benzene rings is 1. The molecular formula is C22H26FN3O3S. The molecule has 6 nitrogen and oxygen atoms in total. The van der Waals surface area contributed by atoms with Crippen molar-refractivity contribution in [2.45, 2.75) is 25.0 Å². The number of amides is 2. The van der Waals surface area contributed by atoms with Crippen molar-refractivity contribution in [3.8, 4) is 0 Å². The average molecular weight is 432 g/mol. The molecule has 1 N–H and O–H groups in total. The Morgan fingerprint density at radius 1 is 1.17 bits per heavy atom. The first-order valence-corrected chi connectivity index (χ1v) is 11.2. The number of ether oxygens (including phenoxy) is 1. The van der Waals surface area contributed by atoms with Crippen LogP contribution in [-0.2, 0) is 14.3 Å². The minimum Gasteiger partial charge on any atom is -0.368 e. The molecule has 2 aromatic rings. The third kappa shape index (κ3) is 5.06. The van der Waals surface area contributed by atoms with Gasteiger partial charge in [0.15, 0.2) is 0 Å². The van der Waals surface area contributed by atoms with Crippen LogP contribution >= 0.6 is 11.3 Å². The molecular weight excluding hydrogens is 405 g/mol. The Morgan fingerprint density at radius 3 is 2.57 bits per heavy atom. The van der Waals surface area contributed by atoms with Gasteiger partial charge in [0.1, 0.15) is 11.9 Å². The molecule has 1 aromatic carbocycles. The second kappa shape index (κ2) is 9.68. The lowest BCUT2D eigenvalue weighted by molar-refractivity contribution is -0.142. The molecule has 8 heteroatoms. The first-order chi connectivity index (χ1) is 14.6. The third-order valence-electron chi connectivity index (χ3n) is 5.59. The Balaban J connectivity index is 1.32. The normalized spacial score (nSPS) is 20.8. The lowest BCUT2D eigenvalue weighted by atomic mass is 10.1. The first-order valence-electron chi connectivity index (χ1n) is 10.3. The van der Waals surface area contributed by atoms with Crippen LogP contribution in [0.2, 0.25) is 0 Å². The number of hydrogen-bond acceptors (Lipinski definition) is 5. The molecule has 2 saturated heterocycles. The number of carbonyl (C=O) groups is 2. The molecule has 0 aliphatic carbocycles. The van der Waals surface area contributed by atoms with E-state index in [4.69, 9.17) is 4.74 Å². The van der Waals surface area contributed by atoms with E-state index in [0.717, 1.165) is 23.3 Å². The minimum atomic E-state index is -0.305. The zero-order valence-corrected chi connectivity index (χ0v) is 17.6. The number of piperazine rings is 1. The van der Waals surface area contributed by atoms with Crippen LogP contribution in [0.4, 0.5) is 4.39 Å². The number of hydrogen-bond donors (Lipinski definition) is 1. The highest BCUT2D eigenvalue weighted by Crippen LogP contribution is 2.26. The smallest absolute Gasteiger partial charge is 0.251 e. The highest BCUT2D eigenvalue weighted by Gasteiger charge is 2.31. The minimum absolute atomic E-state index is 0.0747. The van der Waals surface area contributed by atoms with Crippen molar-refractivity contribution in [2.24, 2.45) is 0 Å². The Bertz CT molecular complexity index is 845. The number of carbonyl (C=O) groups excluding carboxylic acids is 2. The number of nitrogens with one attached hydrogen (secondary N) is 1. The fourth-order valence-corrected chi connectivity index (χ4v) is 4.74. The van der Waals surface area contributed by atoms with Crippen LogP contribution in [0.5, 0.6) is 0 Å². The second-order valence-corrected chi connectivity index (χ2v) is 8.65. The molecule has 4 rings (SSSR count). The van der Waals surface area contributed by atoms with Gasteiger partial charge in [-0.15, -0.1) is 11.3 Å². The summed E-state index contributed by atoms with van der Waals surface area (Å²) in [6.45, 7) is 3.47. The summed E-state index contributed by atoms with van der Waals surface area (Å²) in [7, 11) is 0. The summed E-state index contributed by atoms with van der Waals surface area (Å²) in [5.74, 6) is -0.312. The van der Waals surface area contributed by atoms with Gasteiger partial charge in [0.25, 0.3) is 5.91 Å². The molecule has 0 spiro atoms. The molecule has 0 saturated carbocycles. The number of nitrogens with zero attached hydrogens (tertiary/aromatic N) is 2. The van der Waals surface area contributed by atoms with Gasteiger partial charge in [-0.3, -0.25) is 14.5 Å². The van der Waals surface area contributed by atoms with E-state index in [2.05, 4.69) is 10.2 Å². The molecule has 2 aliphatic rings. The maximum atomic E-state index is 13.3. The van der Waals surface area contributed by atoms with E-state index >= 15 is 0 Å². The summed E-state index contributed by atoms with van der Waals surface area (Å²) in [5, 5.41) is 5.05. The summed E-state index contributed by atoms with van der Waals surface area (Å²) in [6.07, 6.45) is 1.45. The fraction of sp³-hybridized carbons (Fsp3) is 0.455. The van der Waals surface area contributed by atoms with Crippen molar-refractivity contribution < 1.29 is 18.7 Å². The van der Waals surface area contributed by atoms with Gasteiger partial charge < -0.3 is 15.0 Å². The second-order valence-electron chi connectivity index (χ2n) is 7.67. The highest BCUT2D eigenvalue weighted by atomic mass is 32.1. The van der Waals surface area contributed by atoms with E-state index < -0.39 is 0 Å². The van der Waals surface area contributed by atoms with Gasteiger partial charge in [-0.25, -0.2) is 4.39 Å². The molecule has 0 bridgehead atoms. The molecule has 2 atom stereocenters. The monoisotopic (exact) mass is 431 g/mol. The Labute approximate surface area is 179 Å².